The number of benzene rings is 3. The van der Waals surface area contributed by atoms with Gasteiger partial charge in [-0.3, -0.25) is 0 Å². The number of thiazole rings is 1. The zero-order chi connectivity index (χ0) is 16.4. The normalized spacial score (nSPS) is 11.7. The van der Waals surface area contributed by atoms with Gasteiger partial charge in [-0.25, -0.2) is 0 Å². The molecular formula is C20H15NOS2. The first-order chi connectivity index (χ1) is 11.8. The van der Waals surface area contributed by atoms with Gasteiger partial charge in [0.25, 0.3) is 0 Å². The molecule has 0 unspecified atom stereocenters. The first-order valence-electron chi connectivity index (χ1n) is 7.71. The van der Waals surface area contributed by atoms with E-state index in [1.807, 2.05) is 42.5 Å². The van der Waals surface area contributed by atoms with Crippen molar-refractivity contribution >= 4 is 33.8 Å². The lowest BCUT2D eigenvalue weighted by molar-refractivity contribution is 0.460. The Hall–Kier alpha value is -2.43. The number of hydrogen-bond acceptors (Lipinski definition) is 3. The highest BCUT2D eigenvalue weighted by Gasteiger charge is 2.14. The van der Waals surface area contributed by atoms with Crippen molar-refractivity contribution in [2.24, 2.45) is 0 Å². The van der Waals surface area contributed by atoms with Gasteiger partial charge in [0.2, 0.25) is 0 Å². The summed E-state index contributed by atoms with van der Waals surface area (Å²) in [4.78, 5) is 3.09. The number of hydrogen-bond donors (Lipinski definition) is 1. The Morgan fingerprint density at radius 3 is 2.04 bits per heavy atom. The summed E-state index contributed by atoms with van der Waals surface area (Å²) < 4.78 is 7.85. The van der Waals surface area contributed by atoms with Gasteiger partial charge in [-0.05, 0) is 47.6 Å². The number of fused-ring (bicyclic) bond motifs is 3. The van der Waals surface area contributed by atoms with Crippen LogP contribution in [-0.2, 0) is 6.42 Å². The van der Waals surface area contributed by atoms with E-state index in [-0.39, 0.29) is 0 Å². The highest BCUT2D eigenvalue weighted by Crippen LogP contribution is 2.35. The highest BCUT2D eigenvalue weighted by molar-refractivity contribution is 7.73. The Morgan fingerprint density at radius 1 is 0.792 bits per heavy atom. The van der Waals surface area contributed by atoms with E-state index in [9.17, 15) is 0 Å². The average Bonchev–Trinajstić information content (AvgIpc) is 3.00. The summed E-state index contributed by atoms with van der Waals surface area (Å²) >= 11 is 6.59. The molecule has 0 aliphatic carbocycles. The number of nitrogens with one attached hydrogen (secondary N) is 1. The summed E-state index contributed by atoms with van der Waals surface area (Å²) in [5, 5.41) is 0. The standard InChI is InChI=1S/C13H10O.C7H5NS2/c1-3-7-12-10(5-1)9-11-6-2-4-8-13(11)14-12;9-7-8-5-3-1-2-4-6(5)10-7/h1-8H,9H2;1-4H,(H,8,9). The van der Waals surface area contributed by atoms with E-state index < -0.39 is 0 Å². The van der Waals surface area contributed by atoms with Crippen LogP contribution < -0.4 is 4.74 Å². The van der Waals surface area contributed by atoms with Crippen LogP contribution in [0.25, 0.3) is 10.2 Å². The summed E-state index contributed by atoms with van der Waals surface area (Å²) in [6, 6.07) is 24.5. The molecule has 2 heterocycles. The predicted octanol–water partition coefficient (Wildman–Crippen LogP) is 6.34. The third-order valence-corrected chi connectivity index (χ3v) is 5.09. The SMILES string of the molecule is S=c1[nH]c2ccccc2s1.c1ccc2c(c1)Cc1ccccc1O2. The molecule has 4 aromatic rings. The Kier molecular flexibility index (Phi) is 4.15. The van der Waals surface area contributed by atoms with E-state index >= 15 is 0 Å². The molecular weight excluding hydrogens is 334 g/mol. The molecule has 1 aliphatic heterocycles. The number of H-pyrrole nitrogens is 1. The zero-order valence-corrected chi connectivity index (χ0v) is 14.5. The third-order valence-electron chi connectivity index (χ3n) is 3.87. The van der Waals surface area contributed by atoms with Crippen LogP contribution in [0.15, 0.2) is 72.8 Å². The molecule has 4 heteroatoms. The molecule has 2 nitrogen and oxygen atoms in total. The molecule has 24 heavy (non-hydrogen) atoms. The van der Waals surface area contributed by atoms with Gasteiger partial charge < -0.3 is 9.72 Å². The molecule has 3 aromatic carbocycles. The third kappa shape index (κ3) is 3.11. The number of rotatable bonds is 0. The van der Waals surface area contributed by atoms with Crippen LogP contribution in [0.2, 0.25) is 0 Å². The smallest absolute Gasteiger partial charge is 0.159 e. The van der Waals surface area contributed by atoms with Gasteiger partial charge in [0, 0.05) is 6.42 Å². The molecule has 0 saturated carbocycles. The fraction of sp³-hybridized carbons (Fsp3) is 0.0500. The molecule has 1 aromatic heterocycles. The van der Waals surface area contributed by atoms with Crippen LogP contribution in [0.4, 0.5) is 0 Å². The van der Waals surface area contributed by atoms with Crippen LogP contribution in [-0.4, -0.2) is 4.98 Å². The number of para-hydroxylation sites is 3. The summed E-state index contributed by atoms with van der Waals surface area (Å²) in [6.45, 7) is 0. The Bertz CT molecular complexity index is 925. The van der Waals surface area contributed by atoms with E-state index in [1.54, 1.807) is 11.3 Å². The molecule has 0 saturated heterocycles. The van der Waals surface area contributed by atoms with Gasteiger partial charge in [-0.1, -0.05) is 48.5 Å². The Labute approximate surface area is 149 Å². The maximum atomic E-state index is 5.78. The van der Waals surface area contributed by atoms with Crippen molar-refractivity contribution in [3.05, 3.63) is 87.9 Å². The van der Waals surface area contributed by atoms with Gasteiger partial charge in [0.05, 0.1) is 10.2 Å². The van der Waals surface area contributed by atoms with Crippen molar-refractivity contribution in [2.45, 2.75) is 6.42 Å². The van der Waals surface area contributed by atoms with Gasteiger partial charge in [-0.2, -0.15) is 0 Å². The molecule has 0 amide bonds. The lowest BCUT2D eigenvalue weighted by Crippen LogP contribution is -2.01. The maximum Gasteiger partial charge on any atom is 0.159 e. The van der Waals surface area contributed by atoms with Gasteiger partial charge in [-0.15, -0.1) is 11.3 Å². The van der Waals surface area contributed by atoms with Gasteiger partial charge in [0.1, 0.15) is 11.5 Å². The molecule has 0 fully saturated rings. The summed E-state index contributed by atoms with van der Waals surface area (Å²) in [5.74, 6) is 1.98. The minimum Gasteiger partial charge on any atom is -0.457 e. The molecule has 0 spiro atoms. The molecule has 0 radical (unpaired) electrons. The molecule has 1 N–H and O–H groups in total. The van der Waals surface area contributed by atoms with Crippen LogP contribution in [0.3, 0.4) is 0 Å². The fourth-order valence-electron chi connectivity index (χ4n) is 2.72. The average molecular weight is 349 g/mol. The number of aromatic amines is 1. The zero-order valence-electron chi connectivity index (χ0n) is 12.9. The summed E-state index contributed by atoms with van der Waals surface area (Å²) in [6.07, 6.45) is 0.979. The monoisotopic (exact) mass is 349 g/mol. The van der Waals surface area contributed by atoms with E-state index in [0.717, 1.165) is 27.4 Å². The first kappa shape index (κ1) is 15.1. The molecule has 5 rings (SSSR count). The Morgan fingerprint density at radius 2 is 1.38 bits per heavy atom. The molecule has 0 bridgehead atoms. The second kappa shape index (κ2) is 6.59. The maximum absolute atomic E-state index is 5.78. The molecule has 1 aliphatic rings. The topological polar surface area (TPSA) is 25.0 Å². The van der Waals surface area contributed by atoms with Crippen LogP contribution in [0.1, 0.15) is 11.1 Å². The van der Waals surface area contributed by atoms with E-state index in [4.69, 9.17) is 17.0 Å². The van der Waals surface area contributed by atoms with Crippen molar-refractivity contribution in [2.75, 3.05) is 0 Å². The van der Waals surface area contributed by atoms with Gasteiger partial charge >= 0.3 is 0 Å². The van der Waals surface area contributed by atoms with Crippen LogP contribution in [0.5, 0.6) is 11.5 Å². The minimum absolute atomic E-state index is 0.848. The van der Waals surface area contributed by atoms with Crippen molar-refractivity contribution in [1.29, 1.82) is 0 Å². The lowest BCUT2D eigenvalue weighted by Gasteiger charge is -2.19. The molecule has 0 atom stereocenters. The minimum atomic E-state index is 0.848. The summed E-state index contributed by atoms with van der Waals surface area (Å²) in [7, 11) is 0. The van der Waals surface area contributed by atoms with Crippen LogP contribution in [0, 0.1) is 3.95 Å². The Balaban J connectivity index is 0.000000129. The van der Waals surface area contributed by atoms with E-state index in [0.29, 0.717) is 0 Å². The van der Waals surface area contributed by atoms with Crippen molar-refractivity contribution in [3.63, 3.8) is 0 Å². The van der Waals surface area contributed by atoms with Crippen molar-refractivity contribution in [3.8, 4) is 11.5 Å². The first-order valence-corrected chi connectivity index (χ1v) is 8.93. The van der Waals surface area contributed by atoms with Gasteiger partial charge in [0.15, 0.2) is 3.95 Å². The largest absolute Gasteiger partial charge is 0.457 e. The highest BCUT2D eigenvalue weighted by atomic mass is 32.1. The van der Waals surface area contributed by atoms with Crippen molar-refractivity contribution in [1.82, 2.24) is 4.98 Å². The second-order valence-electron chi connectivity index (χ2n) is 5.50. The lowest BCUT2D eigenvalue weighted by atomic mass is 10.0. The van der Waals surface area contributed by atoms with E-state index in [1.165, 1.54) is 15.8 Å². The fourth-order valence-corrected chi connectivity index (χ4v) is 3.83. The second-order valence-corrected chi connectivity index (χ2v) is 7.22. The number of ether oxygens (including phenoxy) is 1. The predicted molar refractivity (Wildman–Crippen MR) is 103 cm³/mol. The van der Waals surface area contributed by atoms with Crippen molar-refractivity contribution < 1.29 is 4.74 Å². The quantitative estimate of drug-likeness (QED) is 0.330. The van der Waals surface area contributed by atoms with Crippen LogP contribution >= 0.6 is 23.6 Å². The number of aromatic nitrogens is 1. The molecule has 118 valence electrons. The summed E-state index contributed by atoms with van der Waals surface area (Å²) in [5.41, 5.74) is 3.68. The van der Waals surface area contributed by atoms with E-state index in [2.05, 4.69) is 35.3 Å².